The van der Waals surface area contributed by atoms with Crippen LogP contribution in [0, 0.1) is 11.2 Å². The third-order valence-corrected chi connectivity index (χ3v) is 5.90. The highest BCUT2D eigenvalue weighted by Gasteiger charge is 2.36. The number of carbonyl (C=O) groups excluding carboxylic acids is 1. The van der Waals surface area contributed by atoms with Crippen LogP contribution in [0.2, 0.25) is 0 Å². The van der Waals surface area contributed by atoms with Crippen LogP contribution >= 0.6 is 0 Å². The summed E-state index contributed by atoms with van der Waals surface area (Å²) in [5.74, 6) is 0.0827. The van der Waals surface area contributed by atoms with E-state index >= 15 is 0 Å². The molecule has 0 bridgehead atoms. The van der Waals surface area contributed by atoms with Gasteiger partial charge in [0.05, 0.1) is 23.6 Å². The largest absolute Gasteiger partial charge is 0.344 e. The number of H-pyrrole nitrogens is 1. The average molecular weight is 393 g/mol. The first kappa shape index (κ1) is 18.1. The highest BCUT2D eigenvalue weighted by atomic mass is 19.1. The van der Waals surface area contributed by atoms with Crippen LogP contribution in [-0.2, 0) is 6.42 Å². The van der Waals surface area contributed by atoms with E-state index in [0.717, 1.165) is 48.3 Å². The van der Waals surface area contributed by atoms with Gasteiger partial charge in [0.1, 0.15) is 11.5 Å². The highest BCUT2D eigenvalue weighted by Crippen LogP contribution is 2.42. The summed E-state index contributed by atoms with van der Waals surface area (Å²) in [7, 11) is 0. The van der Waals surface area contributed by atoms with Gasteiger partial charge in [0.25, 0.3) is 5.91 Å². The molecule has 1 fully saturated rings. The monoisotopic (exact) mass is 393 g/mol. The molecular weight excluding hydrogens is 369 g/mol. The molecule has 0 saturated heterocycles. The summed E-state index contributed by atoms with van der Waals surface area (Å²) in [5.41, 5.74) is 4.36. The summed E-state index contributed by atoms with van der Waals surface area (Å²) in [4.78, 5) is 12.8. The molecule has 1 aromatic carbocycles. The molecule has 7 heteroatoms. The predicted octanol–water partition coefficient (Wildman–Crippen LogP) is 4.06. The fourth-order valence-electron chi connectivity index (χ4n) is 4.26. The van der Waals surface area contributed by atoms with E-state index in [4.69, 9.17) is 0 Å². The normalized spacial score (nSPS) is 20.3. The lowest BCUT2D eigenvalue weighted by molar-refractivity contribution is 0.0914. The summed E-state index contributed by atoms with van der Waals surface area (Å²) in [6.07, 6.45) is 5.79. The lowest BCUT2D eigenvalue weighted by Crippen LogP contribution is -2.37. The van der Waals surface area contributed by atoms with Crippen molar-refractivity contribution in [2.75, 3.05) is 0 Å². The van der Waals surface area contributed by atoms with Crippen molar-refractivity contribution in [3.05, 3.63) is 65.0 Å². The minimum Gasteiger partial charge on any atom is -0.344 e. The van der Waals surface area contributed by atoms with Gasteiger partial charge in [0, 0.05) is 17.2 Å². The predicted molar refractivity (Wildman–Crippen MR) is 106 cm³/mol. The minimum absolute atomic E-state index is 0.00644. The summed E-state index contributed by atoms with van der Waals surface area (Å²) in [6, 6.07) is 8.04. The smallest absolute Gasteiger partial charge is 0.272 e. The van der Waals surface area contributed by atoms with Gasteiger partial charge in [-0.3, -0.25) is 9.89 Å². The summed E-state index contributed by atoms with van der Waals surface area (Å²) < 4.78 is 15.2. The van der Waals surface area contributed by atoms with Crippen molar-refractivity contribution in [2.24, 2.45) is 5.41 Å². The number of aromatic nitrogens is 4. The zero-order valence-electron chi connectivity index (χ0n) is 16.6. The molecule has 2 aliphatic rings. The zero-order valence-corrected chi connectivity index (χ0v) is 16.6. The van der Waals surface area contributed by atoms with Gasteiger partial charge in [0.2, 0.25) is 0 Å². The number of hydrogen-bond donors (Lipinski definition) is 2. The van der Waals surface area contributed by atoms with Gasteiger partial charge in [-0.15, -0.1) is 0 Å². The number of carbonyl (C=O) groups is 1. The first-order valence-corrected chi connectivity index (χ1v) is 10.1. The first-order chi connectivity index (χ1) is 13.9. The number of aromatic amines is 1. The van der Waals surface area contributed by atoms with Gasteiger partial charge in [-0.1, -0.05) is 13.8 Å². The van der Waals surface area contributed by atoms with E-state index in [1.165, 1.54) is 12.1 Å². The van der Waals surface area contributed by atoms with E-state index < -0.39 is 0 Å². The molecule has 150 valence electrons. The molecule has 1 atom stereocenters. The quantitative estimate of drug-likeness (QED) is 0.702. The standard InChI is InChI=1S/C22H24FN5O/c1-22(2)10-19(25-21(29)18-9-17(26-27-18)13-3-4-13)16-12-24-28(20(16)11-22)15-7-5-14(23)6-8-15/h5-9,12-13,19H,3-4,10-11H2,1-2H3,(H,25,29)(H,26,27)/t19-/m1/s1. The summed E-state index contributed by atoms with van der Waals surface area (Å²) >= 11 is 0. The average Bonchev–Trinajstić information content (AvgIpc) is 3.25. The molecule has 2 N–H and O–H groups in total. The molecule has 0 aliphatic heterocycles. The van der Waals surface area contributed by atoms with E-state index in [-0.39, 0.29) is 23.2 Å². The van der Waals surface area contributed by atoms with Crippen molar-refractivity contribution in [3.8, 4) is 5.69 Å². The lowest BCUT2D eigenvalue weighted by Gasteiger charge is -2.35. The van der Waals surface area contributed by atoms with Crippen LogP contribution in [0.5, 0.6) is 0 Å². The van der Waals surface area contributed by atoms with E-state index in [1.54, 1.807) is 12.1 Å². The van der Waals surface area contributed by atoms with Gasteiger partial charge in [-0.05, 0) is 61.4 Å². The molecule has 2 aliphatic carbocycles. The van der Waals surface area contributed by atoms with Crippen LogP contribution in [0.15, 0.2) is 36.5 Å². The topological polar surface area (TPSA) is 75.6 Å². The molecule has 2 aromatic heterocycles. The molecule has 1 saturated carbocycles. The molecule has 2 heterocycles. The number of benzene rings is 1. The zero-order chi connectivity index (χ0) is 20.2. The SMILES string of the molecule is CC1(C)Cc2c(cnn2-c2ccc(F)cc2)[C@H](NC(=O)c2cc(C3CC3)[nH]n2)C1. The van der Waals surface area contributed by atoms with E-state index in [9.17, 15) is 9.18 Å². The third-order valence-electron chi connectivity index (χ3n) is 5.90. The number of fused-ring (bicyclic) bond motifs is 1. The number of hydrogen-bond acceptors (Lipinski definition) is 3. The minimum atomic E-state index is -0.273. The van der Waals surface area contributed by atoms with Gasteiger partial charge in [-0.25, -0.2) is 9.07 Å². The Labute approximate surface area is 168 Å². The fourth-order valence-corrected chi connectivity index (χ4v) is 4.26. The van der Waals surface area contributed by atoms with Gasteiger partial charge >= 0.3 is 0 Å². The van der Waals surface area contributed by atoms with Gasteiger partial charge in [0.15, 0.2) is 0 Å². The molecule has 6 nitrogen and oxygen atoms in total. The maximum Gasteiger partial charge on any atom is 0.272 e. The van der Waals surface area contributed by atoms with Crippen LogP contribution in [0.3, 0.4) is 0 Å². The van der Waals surface area contributed by atoms with Crippen LogP contribution in [0.25, 0.3) is 5.69 Å². The van der Waals surface area contributed by atoms with Crippen molar-refractivity contribution >= 4 is 5.91 Å². The maximum absolute atomic E-state index is 13.3. The van der Waals surface area contributed by atoms with Crippen molar-refractivity contribution in [1.29, 1.82) is 0 Å². The number of rotatable bonds is 4. The highest BCUT2D eigenvalue weighted by molar-refractivity contribution is 5.92. The molecule has 3 aromatic rings. The van der Waals surface area contributed by atoms with Crippen molar-refractivity contribution in [3.63, 3.8) is 0 Å². The summed E-state index contributed by atoms with van der Waals surface area (Å²) in [5, 5.41) is 14.9. The Kier molecular flexibility index (Phi) is 4.08. The second kappa shape index (κ2) is 6.54. The Morgan fingerprint density at radius 1 is 1.28 bits per heavy atom. The lowest BCUT2D eigenvalue weighted by atomic mass is 9.74. The number of nitrogens with zero attached hydrogens (tertiary/aromatic N) is 3. The van der Waals surface area contributed by atoms with Gasteiger partial charge < -0.3 is 5.32 Å². The molecule has 5 rings (SSSR count). The molecule has 0 radical (unpaired) electrons. The van der Waals surface area contributed by atoms with Crippen molar-refractivity contribution in [2.45, 2.75) is 51.5 Å². The fraction of sp³-hybridized carbons (Fsp3) is 0.409. The second-order valence-electron chi connectivity index (χ2n) is 8.99. The Morgan fingerprint density at radius 3 is 2.76 bits per heavy atom. The molecule has 0 unspecified atom stereocenters. The number of halogens is 1. The summed E-state index contributed by atoms with van der Waals surface area (Å²) in [6.45, 7) is 4.38. The Bertz CT molecular complexity index is 1060. The van der Waals surface area contributed by atoms with Crippen LogP contribution in [0.4, 0.5) is 4.39 Å². The molecule has 0 spiro atoms. The molecule has 1 amide bonds. The van der Waals surface area contributed by atoms with E-state index in [2.05, 4.69) is 34.5 Å². The second-order valence-corrected chi connectivity index (χ2v) is 8.99. The number of amides is 1. The van der Waals surface area contributed by atoms with E-state index in [1.807, 2.05) is 16.9 Å². The Hall–Kier alpha value is -2.96. The molecule has 29 heavy (non-hydrogen) atoms. The number of nitrogens with one attached hydrogen (secondary N) is 2. The molecular formula is C22H24FN5O. The maximum atomic E-state index is 13.3. The van der Waals surface area contributed by atoms with Crippen molar-refractivity contribution < 1.29 is 9.18 Å². The third kappa shape index (κ3) is 3.45. The Balaban J connectivity index is 1.44. The van der Waals surface area contributed by atoms with Crippen molar-refractivity contribution in [1.82, 2.24) is 25.3 Å². The first-order valence-electron chi connectivity index (χ1n) is 10.1. The Morgan fingerprint density at radius 2 is 2.03 bits per heavy atom. The van der Waals surface area contributed by atoms with Crippen LogP contribution < -0.4 is 5.32 Å². The van der Waals surface area contributed by atoms with E-state index in [0.29, 0.717) is 11.6 Å². The van der Waals surface area contributed by atoms with Gasteiger partial charge in [-0.2, -0.15) is 10.2 Å². The van der Waals surface area contributed by atoms with Crippen LogP contribution in [0.1, 0.15) is 72.5 Å². The van der Waals surface area contributed by atoms with Crippen LogP contribution in [-0.4, -0.2) is 25.9 Å².